The van der Waals surface area contributed by atoms with Crippen molar-refractivity contribution in [2.45, 2.75) is 26.8 Å². The average molecular weight is 281 g/mol. The number of nitro benzene ring substituents is 1. The second-order valence-electron chi connectivity index (χ2n) is 4.84. The first-order valence-corrected chi connectivity index (χ1v) is 6.81. The van der Waals surface area contributed by atoms with Crippen LogP contribution in [0.1, 0.15) is 20.8 Å². The summed E-state index contributed by atoms with van der Waals surface area (Å²) in [5.74, 6) is 0.305. The molecule has 1 rings (SSSR count). The van der Waals surface area contributed by atoms with Crippen LogP contribution >= 0.6 is 0 Å². The molecule has 6 heteroatoms. The molecule has 0 spiro atoms. The predicted molar refractivity (Wildman–Crippen MR) is 80.5 cm³/mol. The Hall–Kier alpha value is -1.82. The van der Waals surface area contributed by atoms with Gasteiger partial charge in [0.1, 0.15) is 5.69 Å². The molecule has 0 saturated heterocycles. The maximum atomic E-state index is 11.2. The topological polar surface area (TPSA) is 67.6 Å². The number of rotatable bonds is 8. The van der Waals surface area contributed by atoms with Crippen molar-refractivity contribution < 1.29 is 9.66 Å². The molecule has 1 aromatic rings. The zero-order valence-electron chi connectivity index (χ0n) is 12.5. The molecule has 0 aliphatic carbocycles. The van der Waals surface area contributed by atoms with E-state index in [0.29, 0.717) is 30.6 Å². The Morgan fingerprint density at radius 3 is 2.70 bits per heavy atom. The summed E-state index contributed by atoms with van der Waals surface area (Å²) in [5.41, 5.74) is 0.500. The molecular weight excluding hydrogens is 258 g/mol. The second-order valence-corrected chi connectivity index (χ2v) is 4.84. The molecule has 0 radical (unpaired) electrons. The lowest BCUT2D eigenvalue weighted by Gasteiger charge is -2.21. The Morgan fingerprint density at radius 2 is 2.15 bits per heavy atom. The Balaban J connectivity index is 2.79. The average Bonchev–Trinajstić information content (AvgIpc) is 2.38. The summed E-state index contributed by atoms with van der Waals surface area (Å²) in [5, 5.41) is 14.3. The van der Waals surface area contributed by atoms with E-state index >= 15 is 0 Å². The summed E-state index contributed by atoms with van der Waals surface area (Å²) in [4.78, 5) is 13.0. The Morgan fingerprint density at radius 1 is 1.45 bits per heavy atom. The lowest BCUT2D eigenvalue weighted by molar-refractivity contribution is -0.384. The van der Waals surface area contributed by atoms with Crippen LogP contribution in [0.4, 0.5) is 11.4 Å². The molecule has 20 heavy (non-hydrogen) atoms. The monoisotopic (exact) mass is 281 g/mol. The van der Waals surface area contributed by atoms with Crippen LogP contribution in [0.25, 0.3) is 0 Å². The van der Waals surface area contributed by atoms with Gasteiger partial charge in [-0.1, -0.05) is 6.07 Å². The summed E-state index contributed by atoms with van der Waals surface area (Å²) in [6, 6.07) is 5.52. The maximum Gasteiger partial charge on any atom is 0.333 e. The van der Waals surface area contributed by atoms with Crippen molar-refractivity contribution in [2.24, 2.45) is 0 Å². The van der Waals surface area contributed by atoms with Crippen molar-refractivity contribution in [2.75, 3.05) is 32.1 Å². The smallest absolute Gasteiger partial charge is 0.333 e. The summed E-state index contributed by atoms with van der Waals surface area (Å²) in [7, 11) is 2.03. The third kappa shape index (κ3) is 4.38. The minimum Gasteiger partial charge on any atom is -0.487 e. The standard InChI is InChI=1S/C14H23N3O3/c1-5-20-13-8-6-7-12(14(13)17(18)19)15-9-10-16(4)11(2)3/h6-8,11,15H,5,9-10H2,1-4H3. The fourth-order valence-electron chi connectivity index (χ4n) is 1.75. The van der Waals surface area contributed by atoms with Gasteiger partial charge in [-0.25, -0.2) is 0 Å². The van der Waals surface area contributed by atoms with Crippen LogP contribution in [0.3, 0.4) is 0 Å². The van der Waals surface area contributed by atoms with Gasteiger partial charge in [-0.05, 0) is 40.0 Å². The first kappa shape index (κ1) is 16.2. The number of likely N-dealkylation sites (N-methyl/N-ethyl adjacent to an activating group) is 1. The van der Waals surface area contributed by atoms with Gasteiger partial charge in [-0.3, -0.25) is 10.1 Å². The van der Waals surface area contributed by atoms with Crippen molar-refractivity contribution in [3.8, 4) is 5.75 Å². The van der Waals surface area contributed by atoms with Crippen molar-refractivity contribution in [3.05, 3.63) is 28.3 Å². The number of hydrogen-bond acceptors (Lipinski definition) is 5. The SMILES string of the molecule is CCOc1cccc(NCCN(C)C(C)C)c1[N+](=O)[O-]. The van der Waals surface area contributed by atoms with E-state index in [-0.39, 0.29) is 5.69 Å². The molecule has 0 aromatic heterocycles. The van der Waals surface area contributed by atoms with Crippen LogP contribution in [-0.4, -0.2) is 42.6 Å². The fraction of sp³-hybridized carbons (Fsp3) is 0.571. The van der Waals surface area contributed by atoms with E-state index in [0.717, 1.165) is 6.54 Å². The summed E-state index contributed by atoms with van der Waals surface area (Å²) >= 11 is 0. The molecule has 0 amide bonds. The number of ether oxygens (including phenoxy) is 1. The minimum absolute atomic E-state index is 0.00144. The van der Waals surface area contributed by atoms with Crippen LogP contribution in [0, 0.1) is 10.1 Å². The quantitative estimate of drug-likeness (QED) is 0.586. The van der Waals surface area contributed by atoms with Gasteiger partial charge >= 0.3 is 5.69 Å². The predicted octanol–water partition coefficient (Wildman–Crippen LogP) is 2.75. The van der Waals surface area contributed by atoms with Gasteiger partial charge in [0.05, 0.1) is 11.5 Å². The van der Waals surface area contributed by atoms with E-state index < -0.39 is 4.92 Å². The molecule has 6 nitrogen and oxygen atoms in total. The molecule has 0 atom stereocenters. The Kier molecular flexibility index (Phi) is 6.24. The lowest BCUT2D eigenvalue weighted by atomic mass is 10.2. The molecule has 0 bridgehead atoms. The Bertz CT molecular complexity index is 449. The number of nitrogens with zero attached hydrogens (tertiary/aromatic N) is 2. The normalized spacial score (nSPS) is 10.9. The van der Waals surface area contributed by atoms with E-state index in [2.05, 4.69) is 24.1 Å². The number of benzene rings is 1. The van der Waals surface area contributed by atoms with Crippen LogP contribution in [-0.2, 0) is 0 Å². The number of nitrogens with one attached hydrogen (secondary N) is 1. The molecule has 0 saturated carbocycles. The molecule has 0 aliphatic rings. The third-order valence-electron chi connectivity index (χ3n) is 3.14. The van der Waals surface area contributed by atoms with Crippen molar-refractivity contribution in [1.82, 2.24) is 4.90 Å². The van der Waals surface area contributed by atoms with E-state index in [1.54, 1.807) is 25.1 Å². The molecule has 0 unspecified atom stereocenters. The van der Waals surface area contributed by atoms with Crippen LogP contribution in [0.15, 0.2) is 18.2 Å². The summed E-state index contributed by atoms with van der Waals surface area (Å²) in [6.45, 7) is 7.89. The largest absolute Gasteiger partial charge is 0.487 e. The maximum absolute atomic E-state index is 11.2. The molecule has 1 aromatic carbocycles. The van der Waals surface area contributed by atoms with E-state index in [1.165, 1.54) is 0 Å². The van der Waals surface area contributed by atoms with Gasteiger partial charge in [0.2, 0.25) is 0 Å². The van der Waals surface area contributed by atoms with Gasteiger partial charge in [0, 0.05) is 19.1 Å². The van der Waals surface area contributed by atoms with Crippen molar-refractivity contribution in [3.63, 3.8) is 0 Å². The summed E-state index contributed by atoms with van der Waals surface area (Å²) in [6.07, 6.45) is 0. The molecule has 112 valence electrons. The van der Waals surface area contributed by atoms with E-state index in [1.807, 2.05) is 7.05 Å². The molecule has 0 aliphatic heterocycles. The van der Waals surface area contributed by atoms with Gasteiger partial charge in [0.25, 0.3) is 0 Å². The fourth-order valence-corrected chi connectivity index (χ4v) is 1.75. The van der Waals surface area contributed by atoms with Crippen LogP contribution in [0.5, 0.6) is 5.75 Å². The minimum atomic E-state index is -0.403. The van der Waals surface area contributed by atoms with Crippen LogP contribution < -0.4 is 10.1 Å². The highest BCUT2D eigenvalue weighted by Crippen LogP contribution is 2.34. The second kappa shape index (κ2) is 7.69. The highest BCUT2D eigenvalue weighted by molar-refractivity contribution is 5.68. The number of anilines is 1. The highest BCUT2D eigenvalue weighted by Gasteiger charge is 2.20. The van der Waals surface area contributed by atoms with Crippen molar-refractivity contribution in [1.29, 1.82) is 0 Å². The van der Waals surface area contributed by atoms with Gasteiger partial charge in [-0.15, -0.1) is 0 Å². The first-order chi connectivity index (χ1) is 9.47. The molecule has 0 fully saturated rings. The molecule has 1 N–H and O–H groups in total. The number of nitro groups is 1. The highest BCUT2D eigenvalue weighted by atomic mass is 16.6. The lowest BCUT2D eigenvalue weighted by Crippen LogP contribution is -2.31. The number of hydrogen-bond donors (Lipinski definition) is 1. The first-order valence-electron chi connectivity index (χ1n) is 6.81. The zero-order chi connectivity index (χ0) is 15.1. The van der Waals surface area contributed by atoms with Gasteiger partial charge in [-0.2, -0.15) is 0 Å². The molecular formula is C14H23N3O3. The molecule has 0 heterocycles. The van der Waals surface area contributed by atoms with Crippen molar-refractivity contribution >= 4 is 11.4 Å². The third-order valence-corrected chi connectivity index (χ3v) is 3.14. The van der Waals surface area contributed by atoms with E-state index in [4.69, 9.17) is 4.74 Å². The van der Waals surface area contributed by atoms with Crippen LogP contribution in [0.2, 0.25) is 0 Å². The van der Waals surface area contributed by atoms with Gasteiger partial charge < -0.3 is 15.0 Å². The Labute approximate surface area is 119 Å². The van der Waals surface area contributed by atoms with E-state index in [9.17, 15) is 10.1 Å². The zero-order valence-corrected chi connectivity index (χ0v) is 12.5. The number of para-hydroxylation sites is 1. The van der Waals surface area contributed by atoms with Gasteiger partial charge in [0.15, 0.2) is 5.75 Å². The summed E-state index contributed by atoms with van der Waals surface area (Å²) < 4.78 is 5.31.